The van der Waals surface area contributed by atoms with Crippen LogP contribution in [0.25, 0.3) is 0 Å². The maximum Gasteiger partial charge on any atom is 0.179 e. The van der Waals surface area contributed by atoms with Gasteiger partial charge in [0.25, 0.3) is 0 Å². The van der Waals surface area contributed by atoms with Crippen LogP contribution in [-0.4, -0.2) is 20.0 Å². The normalized spacial score (nSPS) is 13.0. The number of sulfone groups is 1. The summed E-state index contributed by atoms with van der Waals surface area (Å²) >= 11 is 0. The van der Waals surface area contributed by atoms with Crippen molar-refractivity contribution in [1.82, 2.24) is 0 Å². The van der Waals surface area contributed by atoms with Crippen LogP contribution in [0.3, 0.4) is 0 Å². The molecule has 0 amide bonds. The van der Waals surface area contributed by atoms with Crippen LogP contribution in [0, 0.1) is 18.8 Å². The Labute approximate surface area is 138 Å². The fourth-order valence-corrected chi connectivity index (χ4v) is 4.22. The lowest BCUT2D eigenvalue weighted by atomic mass is 9.89. The fraction of sp³-hybridized carbons (Fsp3) is 0.316. The van der Waals surface area contributed by atoms with Crippen molar-refractivity contribution in [3.8, 4) is 0 Å². The average Bonchev–Trinajstić information content (AvgIpc) is 2.53. The molecule has 0 saturated heterocycles. The first-order valence-corrected chi connectivity index (χ1v) is 9.35. The standard InChI is InChI=1S/C19H22O3S/c1-14(2)18(19(20)16-7-5-4-6-8-16)13-23(21,22)17-11-9-15(3)10-12-17/h4-12,14,18H,13H2,1-3H3. The lowest BCUT2D eigenvalue weighted by molar-refractivity contribution is 0.0901. The van der Waals surface area contributed by atoms with Crippen LogP contribution in [-0.2, 0) is 9.84 Å². The Hall–Kier alpha value is -1.94. The molecular weight excluding hydrogens is 308 g/mol. The molecule has 0 heterocycles. The summed E-state index contributed by atoms with van der Waals surface area (Å²) in [6.07, 6.45) is 0. The van der Waals surface area contributed by atoms with Gasteiger partial charge in [-0.1, -0.05) is 61.9 Å². The first-order chi connectivity index (χ1) is 10.8. The zero-order valence-corrected chi connectivity index (χ0v) is 14.5. The first kappa shape index (κ1) is 17.4. The van der Waals surface area contributed by atoms with Gasteiger partial charge in [-0.15, -0.1) is 0 Å². The van der Waals surface area contributed by atoms with Gasteiger partial charge in [0.2, 0.25) is 0 Å². The molecule has 1 atom stereocenters. The zero-order chi connectivity index (χ0) is 17.0. The van der Waals surface area contributed by atoms with Gasteiger partial charge < -0.3 is 0 Å². The van der Waals surface area contributed by atoms with Gasteiger partial charge >= 0.3 is 0 Å². The van der Waals surface area contributed by atoms with Crippen molar-refractivity contribution < 1.29 is 13.2 Å². The van der Waals surface area contributed by atoms with Crippen molar-refractivity contribution in [2.75, 3.05) is 5.75 Å². The van der Waals surface area contributed by atoms with Crippen molar-refractivity contribution in [2.24, 2.45) is 11.8 Å². The molecule has 2 aromatic rings. The number of carbonyl (C=O) groups is 1. The molecule has 0 bridgehead atoms. The molecule has 0 fully saturated rings. The van der Waals surface area contributed by atoms with Crippen molar-refractivity contribution in [2.45, 2.75) is 25.7 Å². The highest BCUT2D eigenvalue weighted by molar-refractivity contribution is 7.91. The molecule has 23 heavy (non-hydrogen) atoms. The zero-order valence-electron chi connectivity index (χ0n) is 13.7. The van der Waals surface area contributed by atoms with Crippen molar-refractivity contribution in [1.29, 1.82) is 0 Å². The first-order valence-electron chi connectivity index (χ1n) is 7.70. The van der Waals surface area contributed by atoms with E-state index in [4.69, 9.17) is 0 Å². The van der Waals surface area contributed by atoms with Crippen LogP contribution in [0.1, 0.15) is 29.8 Å². The van der Waals surface area contributed by atoms with E-state index in [-0.39, 0.29) is 22.3 Å². The number of hydrogen-bond acceptors (Lipinski definition) is 3. The molecule has 2 rings (SSSR count). The highest BCUT2D eigenvalue weighted by Gasteiger charge is 2.29. The smallest absolute Gasteiger partial charge is 0.179 e. The van der Waals surface area contributed by atoms with Gasteiger partial charge in [0.05, 0.1) is 10.6 Å². The second-order valence-corrected chi connectivity index (χ2v) is 8.21. The Kier molecular flexibility index (Phi) is 5.37. The number of aryl methyl sites for hydroxylation is 1. The summed E-state index contributed by atoms with van der Waals surface area (Å²) in [5.74, 6) is -0.885. The Morgan fingerprint density at radius 1 is 0.957 bits per heavy atom. The minimum Gasteiger partial charge on any atom is -0.294 e. The number of ketones is 1. The number of Topliss-reactive ketones (excluding diaryl/α,β-unsaturated/α-hetero) is 1. The molecule has 0 spiro atoms. The molecule has 0 aliphatic heterocycles. The van der Waals surface area contributed by atoms with E-state index in [0.717, 1.165) is 5.56 Å². The molecule has 0 aliphatic carbocycles. The maximum absolute atomic E-state index is 12.7. The van der Waals surface area contributed by atoms with E-state index in [9.17, 15) is 13.2 Å². The molecule has 0 aliphatic rings. The number of rotatable bonds is 6. The second-order valence-electron chi connectivity index (χ2n) is 6.18. The number of carbonyl (C=O) groups excluding carboxylic acids is 1. The Morgan fingerprint density at radius 3 is 2.04 bits per heavy atom. The van der Waals surface area contributed by atoms with E-state index in [2.05, 4.69) is 0 Å². The second kappa shape index (κ2) is 7.09. The maximum atomic E-state index is 12.7. The van der Waals surface area contributed by atoms with Crippen LogP contribution in [0.2, 0.25) is 0 Å². The van der Waals surface area contributed by atoms with Gasteiger partial charge in [0.1, 0.15) is 0 Å². The van der Waals surface area contributed by atoms with Crippen LogP contribution in [0.4, 0.5) is 0 Å². The van der Waals surface area contributed by atoms with Crippen LogP contribution >= 0.6 is 0 Å². The molecule has 1 unspecified atom stereocenters. The summed E-state index contributed by atoms with van der Waals surface area (Å²) in [5.41, 5.74) is 1.56. The van der Waals surface area contributed by atoms with E-state index in [1.807, 2.05) is 26.8 Å². The third-order valence-electron chi connectivity index (χ3n) is 3.98. The lowest BCUT2D eigenvalue weighted by Crippen LogP contribution is -2.28. The third-order valence-corrected chi connectivity index (χ3v) is 5.77. The summed E-state index contributed by atoms with van der Waals surface area (Å²) in [4.78, 5) is 13.0. The lowest BCUT2D eigenvalue weighted by Gasteiger charge is -2.20. The molecule has 3 nitrogen and oxygen atoms in total. The molecule has 0 saturated carbocycles. The summed E-state index contributed by atoms with van der Waals surface area (Å²) in [5, 5.41) is 0. The predicted octanol–water partition coefficient (Wildman–Crippen LogP) is 3.92. The largest absolute Gasteiger partial charge is 0.294 e. The van der Waals surface area contributed by atoms with Crippen LogP contribution < -0.4 is 0 Å². The molecular formula is C19H22O3S. The van der Waals surface area contributed by atoms with Crippen molar-refractivity contribution >= 4 is 15.6 Å². The van der Waals surface area contributed by atoms with Crippen LogP contribution in [0.5, 0.6) is 0 Å². The molecule has 4 heteroatoms. The summed E-state index contributed by atoms with van der Waals surface area (Å²) in [7, 11) is -3.50. The summed E-state index contributed by atoms with van der Waals surface area (Å²) in [6.45, 7) is 5.68. The average molecular weight is 330 g/mol. The van der Waals surface area contributed by atoms with Gasteiger partial charge in [-0.2, -0.15) is 0 Å². The van der Waals surface area contributed by atoms with Crippen molar-refractivity contribution in [3.63, 3.8) is 0 Å². The van der Waals surface area contributed by atoms with E-state index >= 15 is 0 Å². The predicted molar refractivity (Wildman–Crippen MR) is 92.3 cm³/mol. The quantitative estimate of drug-likeness (QED) is 0.754. The fourth-order valence-electron chi connectivity index (χ4n) is 2.47. The van der Waals surface area contributed by atoms with E-state index in [1.165, 1.54) is 0 Å². The minimum atomic E-state index is -3.50. The molecule has 122 valence electrons. The molecule has 0 N–H and O–H groups in total. The monoisotopic (exact) mass is 330 g/mol. The highest BCUT2D eigenvalue weighted by Crippen LogP contribution is 2.23. The van der Waals surface area contributed by atoms with Gasteiger partial charge in [0.15, 0.2) is 15.6 Å². The third kappa shape index (κ3) is 4.29. The number of benzene rings is 2. The Morgan fingerprint density at radius 2 is 1.52 bits per heavy atom. The van der Waals surface area contributed by atoms with Crippen molar-refractivity contribution in [3.05, 3.63) is 65.7 Å². The summed E-state index contributed by atoms with van der Waals surface area (Å²) < 4.78 is 25.3. The minimum absolute atomic E-state index is 0.0528. The number of hydrogen-bond donors (Lipinski definition) is 0. The van der Waals surface area contributed by atoms with E-state index in [1.54, 1.807) is 48.5 Å². The highest BCUT2D eigenvalue weighted by atomic mass is 32.2. The molecule has 2 aromatic carbocycles. The SMILES string of the molecule is Cc1ccc(S(=O)(=O)CC(C(=O)c2ccccc2)C(C)C)cc1. The van der Waals surface area contributed by atoms with E-state index < -0.39 is 15.8 Å². The molecule has 0 radical (unpaired) electrons. The molecule has 0 aromatic heterocycles. The summed E-state index contributed by atoms with van der Waals surface area (Å²) in [6, 6.07) is 15.6. The van der Waals surface area contributed by atoms with Crippen LogP contribution in [0.15, 0.2) is 59.5 Å². The van der Waals surface area contributed by atoms with E-state index in [0.29, 0.717) is 5.56 Å². The van der Waals surface area contributed by atoms with Gasteiger partial charge in [-0.3, -0.25) is 4.79 Å². The Bertz CT molecular complexity index is 760. The van der Waals surface area contributed by atoms with Gasteiger partial charge in [-0.25, -0.2) is 8.42 Å². The van der Waals surface area contributed by atoms with Gasteiger partial charge in [-0.05, 0) is 25.0 Å². The Balaban J connectivity index is 2.29. The van der Waals surface area contributed by atoms with Gasteiger partial charge in [0, 0.05) is 11.5 Å². The topological polar surface area (TPSA) is 51.2 Å².